The average Bonchev–Trinajstić information content (AvgIpc) is 2.66. The second-order valence-corrected chi connectivity index (χ2v) is 5.69. The van der Waals surface area contributed by atoms with E-state index in [1.165, 1.54) is 24.3 Å². The SMILES string of the molecule is CCOC(=O)c1cc(C(=O)OCC(=O)c2ccc(Cl)cc2)cc([N+](=O)[O-])c1. The molecule has 140 valence electrons. The van der Waals surface area contributed by atoms with E-state index in [2.05, 4.69) is 0 Å². The predicted octanol–water partition coefficient (Wildman–Crippen LogP) is 3.46. The van der Waals surface area contributed by atoms with Crippen LogP contribution in [-0.4, -0.2) is 35.9 Å². The molecule has 0 aromatic heterocycles. The van der Waals surface area contributed by atoms with Gasteiger partial charge < -0.3 is 9.47 Å². The number of non-ortho nitro benzene ring substituents is 1. The van der Waals surface area contributed by atoms with Gasteiger partial charge in [0, 0.05) is 22.7 Å². The van der Waals surface area contributed by atoms with Crippen molar-refractivity contribution in [2.45, 2.75) is 6.92 Å². The number of ether oxygens (including phenoxy) is 2. The first kappa shape index (κ1) is 20.1. The fourth-order valence-electron chi connectivity index (χ4n) is 2.10. The second kappa shape index (κ2) is 8.91. The lowest BCUT2D eigenvalue weighted by molar-refractivity contribution is -0.384. The zero-order valence-electron chi connectivity index (χ0n) is 14.1. The number of benzene rings is 2. The molecule has 9 heteroatoms. The highest BCUT2D eigenvalue weighted by atomic mass is 35.5. The summed E-state index contributed by atoms with van der Waals surface area (Å²) in [5.41, 5.74) is -0.590. The fraction of sp³-hybridized carbons (Fsp3) is 0.167. The molecule has 8 nitrogen and oxygen atoms in total. The molecular weight excluding hydrogens is 378 g/mol. The van der Waals surface area contributed by atoms with Gasteiger partial charge >= 0.3 is 11.9 Å². The highest BCUT2D eigenvalue weighted by molar-refractivity contribution is 6.30. The molecule has 0 amide bonds. The van der Waals surface area contributed by atoms with E-state index in [1.54, 1.807) is 6.92 Å². The standard InChI is InChI=1S/C18H14ClNO7/c1-2-26-17(22)12-7-13(9-15(8-12)20(24)25)18(23)27-10-16(21)11-3-5-14(19)6-4-11/h3-9H,2,10H2,1H3. The third kappa shape index (κ3) is 5.35. The number of hydrogen-bond donors (Lipinski definition) is 0. The molecule has 0 bridgehead atoms. The number of carbonyl (C=O) groups is 3. The minimum Gasteiger partial charge on any atom is -0.462 e. The topological polar surface area (TPSA) is 113 Å². The summed E-state index contributed by atoms with van der Waals surface area (Å²) in [6, 6.07) is 9.05. The first-order valence-electron chi connectivity index (χ1n) is 7.74. The number of nitrogens with zero attached hydrogens (tertiary/aromatic N) is 1. The monoisotopic (exact) mass is 391 g/mol. The van der Waals surface area contributed by atoms with Gasteiger partial charge in [0.2, 0.25) is 0 Å². The number of halogens is 1. The van der Waals surface area contributed by atoms with Crippen LogP contribution in [-0.2, 0) is 9.47 Å². The second-order valence-electron chi connectivity index (χ2n) is 5.25. The average molecular weight is 392 g/mol. The summed E-state index contributed by atoms with van der Waals surface area (Å²) in [6.45, 7) is 1.07. The molecule has 0 radical (unpaired) electrons. The summed E-state index contributed by atoms with van der Waals surface area (Å²) in [7, 11) is 0. The van der Waals surface area contributed by atoms with E-state index in [0.29, 0.717) is 10.6 Å². The van der Waals surface area contributed by atoms with Crippen molar-refractivity contribution < 1.29 is 28.8 Å². The number of esters is 2. The molecule has 0 saturated heterocycles. The molecule has 27 heavy (non-hydrogen) atoms. The largest absolute Gasteiger partial charge is 0.462 e. The molecule has 2 aromatic rings. The van der Waals surface area contributed by atoms with E-state index in [1.807, 2.05) is 0 Å². The Bertz CT molecular complexity index is 893. The molecule has 0 aliphatic heterocycles. The zero-order valence-corrected chi connectivity index (χ0v) is 14.9. The third-order valence-electron chi connectivity index (χ3n) is 3.38. The molecule has 0 aliphatic rings. The van der Waals surface area contributed by atoms with E-state index < -0.39 is 34.9 Å². The molecule has 0 saturated carbocycles. The van der Waals surface area contributed by atoms with E-state index >= 15 is 0 Å². The van der Waals surface area contributed by atoms with Gasteiger partial charge in [0.1, 0.15) is 0 Å². The molecule has 2 rings (SSSR count). The van der Waals surface area contributed by atoms with Crippen molar-refractivity contribution in [2.24, 2.45) is 0 Å². The number of hydrogen-bond acceptors (Lipinski definition) is 7. The minimum atomic E-state index is -0.980. The van der Waals surface area contributed by atoms with Crippen molar-refractivity contribution in [3.63, 3.8) is 0 Å². The maximum absolute atomic E-state index is 12.2. The summed E-state index contributed by atoms with van der Waals surface area (Å²) in [5.74, 6) is -2.27. The number of Topliss-reactive ketones (excluding diaryl/α,β-unsaturated/α-hetero) is 1. The number of carbonyl (C=O) groups excluding carboxylic acids is 3. The van der Waals surface area contributed by atoms with Crippen LogP contribution in [0, 0.1) is 10.1 Å². The van der Waals surface area contributed by atoms with Crippen molar-refractivity contribution >= 4 is 35.0 Å². The van der Waals surface area contributed by atoms with E-state index in [-0.39, 0.29) is 17.7 Å². The molecule has 0 N–H and O–H groups in total. The summed E-state index contributed by atoms with van der Waals surface area (Å²) >= 11 is 5.74. The van der Waals surface area contributed by atoms with Crippen LogP contribution in [0.25, 0.3) is 0 Å². The van der Waals surface area contributed by atoms with E-state index in [9.17, 15) is 24.5 Å². The van der Waals surface area contributed by atoms with Gasteiger partial charge in [-0.3, -0.25) is 14.9 Å². The quantitative estimate of drug-likeness (QED) is 0.307. The number of rotatable bonds is 7. The maximum atomic E-state index is 12.2. The molecular formula is C18H14ClNO7. The van der Waals surface area contributed by atoms with Crippen LogP contribution in [0.5, 0.6) is 0 Å². The summed E-state index contributed by atoms with van der Waals surface area (Å²) in [6.07, 6.45) is 0. The lowest BCUT2D eigenvalue weighted by Crippen LogP contribution is -2.15. The molecule has 0 aliphatic carbocycles. The van der Waals surface area contributed by atoms with Gasteiger partial charge in [0.25, 0.3) is 5.69 Å². The maximum Gasteiger partial charge on any atom is 0.338 e. The van der Waals surface area contributed by atoms with Crippen LogP contribution >= 0.6 is 11.6 Å². The Kier molecular flexibility index (Phi) is 6.62. The van der Waals surface area contributed by atoms with Gasteiger partial charge in [-0.05, 0) is 37.3 Å². The first-order valence-corrected chi connectivity index (χ1v) is 8.12. The van der Waals surface area contributed by atoms with Crippen molar-refractivity contribution in [3.05, 3.63) is 74.3 Å². The summed E-state index contributed by atoms with van der Waals surface area (Å²) < 4.78 is 9.69. The first-order chi connectivity index (χ1) is 12.8. The van der Waals surface area contributed by atoms with Crippen molar-refractivity contribution in [1.29, 1.82) is 0 Å². The predicted molar refractivity (Wildman–Crippen MR) is 95.1 cm³/mol. The van der Waals surface area contributed by atoms with Gasteiger partial charge in [-0.15, -0.1) is 0 Å². The minimum absolute atomic E-state index is 0.0664. The molecule has 0 atom stereocenters. The van der Waals surface area contributed by atoms with Crippen LogP contribution in [0.2, 0.25) is 5.02 Å². The smallest absolute Gasteiger partial charge is 0.338 e. The molecule has 0 heterocycles. The highest BCUT2D eigenvalue weighted by Crippen LogP contribution is 2.19. The lowest BCUT2D eigenvalue weighted by Gasteiger charge is -2.07. The normalized spacial score (nSPS) is 10.1. The van der Waals surface area contributed by atoms with Gasteiger partial charge in [-0.1, -0.05) is 11.6 Å². The highest BCUT2D eigenvalue weighted by Gasteiger charge is 2.20. The summed E-state index contributed by atoms with van der Waals surface area (Å²) in [5, 5.41) is 11.5. The Labute approximate surface area is 158 Å². The Hall–Kier alpha value is -3.26. The van der Waals surface area contributed by atoms with Gasteiger partial charge in [-0.25, -0.2) is 9.59 Å². The number of ketones is 1. The van der Waals surface area contributed by atoms with Crippen molar-refractivity contribution in [2.75, 3.05) is 13.2 Å². The van der Waals surface area contributed by atoms with Crippen LogP contribution in [0.15, 0.2) is 42.5 Å². The fourth-order valence-corrected chi connectivity index (χ4v) is 2.23. The van der Waals surface area contributed by atoms with Crippen LogP contribution < -0.4 is 0 Å². The van der Waals surface area contributed by atoms with Crippen LogP contribution in [0.3, 0.4) is 0 Å². The van der Waals surface area contributed by atoms with Crippen molar-refractivity contribution in [1.82, 2.24) is 0 Å². The van der Waals surface area contributed by atoms with E-state index in [4.69, 9.17) is 21.1 Å². The molecule has 0 spiro atoms. The number of nitro benzene ring substituents is 1. The van der Waals surface area contributed by atoms with E-state index in [0.717, 1.165) is 18.2 Å². The van der Waals surface area contributed by atoms with Gasteiger partial charge in [0.15, 0.2) is 12.4 Å². The Balaban J connectivity index is 2.16. The lowest BCUT2D eigenvalue weighted by atomic mass is 10.1. The summed E-state index contributed by atoms with van der Waals surface area (Å²) in [4.78, 5) is 46.3. The van der Waals surface area contributed by atoms with Gasteiger partial charge in [-0.2, -0.15) is 0 Å². The van der Waals surface area contributed by atoms with Gasteiger partial charge in [0.05, 0.1) is 22.7 Å². The Morgan fingerprint density at radius 2 is 1.52 bits per heavy atom. The third-order valence-corrected chi connectivity index (χ3v) is 3.63. The Morgan fingerprint density at radius 3 is 2.04 bits per heavy atom. The van der Waals surface area contributed by atoms with Crippen LogP contribution in [0.1, 0.15) is 38.0 Å². The van der Waals surface area contributed by atoms with Crippen LogP contribution in [0.4, 0.5) is 5.69 Å². The van der Waals surface area contributed by atoms with Crippen molar-refractivity contribution in [3.8, 4) is 0 Å². The molecule has 0 fully saturated rings. The Morgan fingerprint density at radius 1 is 0.963 bits per heavy atom. The molecule has 2 aromatic carbocycles. The molecule has 0 unspecified atom stereocenters. The zero-order chi connectivity index (χ0) is 20.0. The number of nitro groups is 1.